The second-order valence-electron chi connectivity index (χ2n) is 6.81. The molecule has 2 atom stereocenters. The van der Waals surface area contributed by atoms with Gasteiger partial charge in [0, 0.05) is 4.92 Å². The summed E-state index contributed by atoms with van der Waals surface area (Å²) in [5.41, 5.74) is 1.12. The average molecular weight is 332 g/mol. The van der Waals surface area contributed by atoms with Crippen molar-refractivity contribution in [2.75, 3.05) is 13.2 Å². The average Bonchev–Trinajstić information content (AvgIpc) is 2.94. The van der Waals surface area contributed by atoms with Gasteiger partial charge in [0.25, 0.3) is 0 Å². The van der Waals surface area contributed by atoms with E-state index in [-0.39, 0.29) is 29.5 Å². The van der Waals surface area contributed by atoms with Gasteiger partial charge in [0.2, 0.25) is 6.54 Å². The van der Waals surface area contributed by atoms with Gasteiger partial charge >= 0.3 is 6.09 Å². The molecule has 1 aliphatic heterocycles. The van der Waals surface area contributed by atoms with Crippen LogP contribution in [0.3, 0.4) is 0 Å². The number of hydrogen-bond donors (Lipinski definition) is 0. The predicted octanol–water partition coefficient (Wildman–Crippen LogP) is 3.28. The van der Waals surface area contributed by atoms with E-state index >= 15 is 0 Å². The van der Waals surface area contributed by atoms with Crippen LogP contribution in [-0.2, 0) is 11.2 Å². The monoisotopic (exact) mass is 332 g/mol. The summed E-state index contributed by atoms with van der Waals surface area (Å²) in [6.45, 7) is 0.125. The Hall–Kier alpha value is -2.11. The lowest BCUT2D eigenvalue weighted by atomic mass is 9.82. The number of carbonyl (C=O) groups is 1. The molecule has 6 nitrogen and oxygen atoms in total. The molecule has 0 spiro atoms. The van der Waals surface area contributed by atoms with Crippen molar-refractivity contribution in [1.29, 1.82) is 0 Å². The molecule has 2 aliphatic rings. The Morgan fingerprint density at radius 3 is 2.58 bits per heavy atom. The molecule has 6 heteroatoms. The van der Waals surface area contributed by atoms with Gasteiger partial charge in [-0.2, -0.15) is 0 Å². The van der Waals surface area contributed by atoms with E-state index in [4.69, 9.17) is 4.74 Å². The first-order valence-corrected chi connectivity index (χ1v) is 8.76. The van der Waals surface area contributed by atoms with E-state index in [9.17, 15) is 14.9 Å². The van der Waals surface area contributed by atoms with Gasteiger partial charge in [-0.05, 0) is 30.7 Å². The highest BCUT2D eigenvalue weighted by Crippen LogP contribution is 2.32. The Balaban J connectivity index is 1.79. The van der Waals surface area contributed by atoms with E-state index in [1.807, 2.05) is 30.3 Å². The van der Waals surface area contributed by atoms with Crippen molar-refractivity contribution in [3.05, 3.63) is 46.0 Å². The third-order valence-electron chi connectivity index (χ3n) is 5.20. The molecule has 0 unspecified atom stereocenters. The maximum Gasteiger partial charge on any atom is 0.410 e. The van der Waals surface area contributed by atoms with E-state index in [2.05, 4.69) is 0 Å². The van der Waals surface area contributed by atoms with E-state index in [0.717, 1.165) is 31.2 Å². The molecule has 1 saturated heterocycles. The quantitative estimate of drug-likeness (QED) is 0.592. The van der Waals surface area contributed by atoms with Crippen molar-refractivity contribution in [1.82, 2.24) is 4.90 Å². The van der Waals surface area contributed by atoms with Crippen molar-refractivity contribution in [3.63, 3.8) is 0 Å². The first-order valence-electron chi connectivity index (χ1n) is 8.76. The molecule has 3 rings (SSSR count). The Morgan fingerprint density at radius 2 is 1.92 bits per heavy atom. The van der Waals surface area contributed by atoms with Crippen LogP contribution in [-0.4, -0.2) is 41.2 Å². The van der Waals surface area contributed by atoms with Gasteiger partial charge < -0.3 is 4.74 Å². The van der Waals surface area contributed by atoms with Crippen LogP contribution in [0.1, 0.15) is 37.7 Å². The van der Waals surface area contributed by atoms with Crippen molar-refractivity contribution in [2.45, 2.75) is 50.6 Å². The van der Waals surface area contributed by atoms with Gasteiger partial charge in [-0.25, -0.2) is 4.79 Å². The maximum absolute atomic E-state index is 12.3. The van der Waals surface area contributed by atoms with Crippen LogP contribution in [0, 0.1) is 16.0 Å². The number of carbonyl (C=O) groups excluding carboxylic acids is 1. The lowest BCUT2D eigenvalue weighted by Crippen LogP contribution is -2.50. The minimum atomic E-state index is -0.395. The fourth-order valence-corrected chi connectivity index (χ4v) is 4.06. The molecule has 1 aliphatic carbocycles. The van der Waals surface area contributed by atoms with Crippen LogP contribution in [0.2, 0.25) is 0 Å². The lowest BCUT2D eigenvalue weighted by molar-refractivity contribution is -0.488. The third kappa shape index (κ3) is 3.86. The van der Waals surface area contributed by atoms with Crippen LogP contribution >= 0.6 is 0 Å². The topological polar surface area (TPSA) is 72.7 Å². The van der Waals surface area contributed by atoms with Crippen molar-refractivity contribution >= 4 is 6.09 Å². The predicted molar refractivity (Wildman–Crippen MR) is 89.3 cm³/mol. The number of hydrogen-bond acceptors (Lipinski definition) is 4. The SMILES string of the molecule is O=C1OC[C@H](Cc2ccccc2)N1[C@H](C[N+](=O)[O-])C1CCCCC1. The number of cyclic esters (lactones) is 1. The van der Waals surface area contributed by atoms with Gasteiger partial charge in [-0.15, -0.1) is 0 Å². The summed E-state index contributed by atoms with van der Waals surface area (Å²) in [5.74, 6) is 0.202. The summed E-state index contributed by atoms with van der Waals surface area (Å²) in [5, 5.41) is 11.2. The minimum absolute atomic E-state index is 0.119. The lowest BCUT2D eigenvalue weighted by Gasteiger charge is -2.35. The number of nitrogens with zero attached hydrogens (tertiary/aromatic N) is 2. The zero-order valence-corrected chi connectivity index (χ0v) is 13.8. The second kappa shape index (κ2) is 7.64. The van der Waals surface area contributed by atoms with Crippen LogP contribution < -0.4 is 0 Å². The van der Waals surface area contributed by atoms with Gasteiger partial charge in [0.15, 0.2) is 0 Å². The van der Waals surface area contributed by atoms with Gasteiger partial charge in [0.1, 0.15) is 12.6 Å². The molecule has 1 saturated carbocycles. The number of benzene rings is 1. The molecule has 130 valence electrons. The Labute approximate surface area is 141 Å². The van der Waals surface area contributed by atoms with Crippen molar-refractivity contribution < 1.29 is 14.5 Å². The Kier molecular flexibility index (Phi) is 5.33. The molecule has 24 heavy (non-hydrogen) atoms. The fraction of sp³-hybridized carbons (Fsp3) is 0.611. The van der Waals surface area contributed by atoms with Crippen LogP contribution in [0.4, 0.5) is 4.79 Å². The zero-order valence-electron chi connectivity index (χ0n) is 13.8. The van der Waals surface area contributed by atoms with Crippen molar-refractivity contribution in [3.8, 4) is 0 Å². The summed E-state index contributed by atoms with van der Waals surface area (Å²) in [6, 6.07) is 9.44. The summed E-state index contributed by atoms with van der Waals surface area (Å²) >= 11 is 0. The summed E-state index contributed by atoms with van der Waals surface area (Å²) < 4.78 is 5.27. The molecular weight excluding hydrogens is 308 g/mol. The second-order valence-corrected chi connectivity index (χ2v) is 6.81. The largest absolute Gasteiger partial charge is 0.447 e. The van der Waals surface area contributed by atoms with Crippen LogP contribution in [0.25, 0.3) is 0 Å². The Morgan fingerprint density at radius 1 is 1.21 bits per heavy atom. The highest BCUT2D eigenvalue weighted by atomic mass is 16.6. The zero-order chi connectivity index (χ0) is 16.9. The van der Waals surface area contributed by atoms with E-state index in [1.54, 1.807) is 4.90 Å². The molecule has 0 radical (unpaired) electrons. The highest BCUT2D eigenvalue weighted by molar-refractivity contribution is 5.70. The fourth-order valence-electron chi connectivity index (χ4n) is 4.06. The normalized spacial score (nSPS) is 23.1. The van der Waals surface area contributed by atoms with E-state index in [0.29, 0.717) is 13.0 Å². The van der Waals surface area contributed by atoms with Crippen LogP contribution in [0.5, 0.6) is 0 Å². The third-order valence-corrected chi connectivity index (χ3v) is 5.20. The van der Waals surface area contributed by atoms with E-state index < -0.39 is 6.09 Å². The number of rotatable bonds is 6. The molecule has 1 amide bonds. The number of amides is 1. The molecule has 1 heterocycles. The minimum Gasteiger partial charge on any atom is -0.447 e. The summed E-state index contributed by atoms with van der Waals surface area (Å²) in [4.78, 5) is 24.9. The smallest absolute Gasteiger partial charge is 0.410 e. The van der Waals surface area contributed by atoms with Crippen LogP contribution in [0.15, 0.2) is 30.3 Å². The molecule has 0 aromatic heterocycles. The molecule has 1 aromatic rings. The molecule has 2 fully saturated rings. The maximum atomic E-state index is 12.3. The van der Waals surface area contributed by atoms with Crippen molar-refractivity contribution in [2.24, 2.45) is 5.92 Å². The first-order chi connectivity index (χ1) is 11.6. The standard InChI is InChI=1S/C18H24N2O4/c21-18-20(16(13-24-18)11-14-7-3-1-4-8-14)17(12-19(22)23)15-9-5-2-6-10-15/h1,3-4,7-8,15-17H,2,5-6,9-13H2/t16-,17+/m0/s1. The van der Waals surface area contributed by atoms with Gasteiger partial charge in [-0.3, -0.25) is 15.0 Å². The summed E-state index contributed by atoms with van der Waals surface area (Å²) in [6.07, 6.45) is 5.55. The van der Waals surface area contributed by atoms with Gasteiger partial charge in [-0.1, -0.05) is 49.6 Å². The van der Waals surface area contributed by atoms with Gasteiger partial charge in [0.05, 0.1) is 6.04 Å². The Bertz CT molecular complexity index is 572. The molecular formula is C18H24N2O4. The number of ether oxygens (including phenoxy) is 1. The first kappa shape index (κ1) is 16.7. The summed E-state index contributed by atoms with van der Waals surface area (Å²) in [7, 11) is 0. The highest BCUT2D eigenvalue weighted by Gasteiger charge is 2.43. The number of nitro groups is 1. The molecule has 1 aromatic carbocycles. The van der Waals surface area contributed by atoms with E-state index in [1.165, 1.54) is 6.42 Å². The molecule has 0 bridgehead atoms. The molecule has 0 N–H and O–H groups in total.